The number of hydrogen-bond acceptors (Lipinski definition) is 5. The zero-order valence-electron chi connectivity index (χ0n) is 8.27. The summed E-state index contributed by atoms with van der Waals surface area (Å²) in [5.41, 5.74) is 0.396. The van der Waals surface area contributed by atoms with Crippen molar-refractivity contribution in [3.63, 3.8) is 0 Å². The van der Waals surface area contributed by atoms with E-state index >= 15 is 0 Å². The van der Waals surface area contributed by atoms with Gasteiger partial charge in [0.25, 0.3) is 5.91 Å². The highest BCUT2D eigenvalue weighted by Crippen LogP contribution is 2.11. The van der Waals surface area contributed by atoms with E-state index in [2.05, 4.69) is 36.2 Å². The Kier molecular flexibility index (Phi) is 3.25. The van der Waals surface area contributed by atoms with Gasteiger partial charge in [-0.3, -0.25) is 4.79 Å². The van der Waals surface area contributed by atoms with E-state index in [0.717, 1.165) is 5.01 Å². The van der Waals surface area contributed by atoms with Gasteiger partial charge in [-0.15, -0.1) is 11.3 Å². The second-order valence-electron chi connectivity index (χ2n) is 2.93. The van der Waals surface area contributed by atoms with Crippen molar-refractivity contribution in [3.8, 4) is 0 Å². The molecule has 16 heavy (non-hydrogen) atoms. The molecule has 0 aromatic carbocycles. The van der Waals surface area contributed by atoms with Crippen molar-refractivity contribution >= 4 is 39.0 Å². The molecule has 2 heterocycles. The minimum atomic E-state index is -0.277. The van der Waals surface area contributed by atoms with Crippen molar-refractivity contribution in [2.45, 2.75) is 6.92 Å². The molecule has 5 nitrogen and oxygen atoms in total. The van der Waals surface area contributed by atoms with Crippen LogP contribution in [0.15, 0.2) is 22.4 Å². The van der Waals surface area contributed by atoms with Crippen LogP contribution < -0.4 is 5.32 Å². The Labute approximate surface area is 104 Å². The molecule has 0 spiro atoms. The van der Waals surface area contributed by atoms with Crippen molar-refractivity contribution in [2.24, 2.45) is 0 Å². The standard InChI is InChI=1S/C9H7BrN4OS/c1-5-13-6(4-16-5)9(15)14-8-3-11-7(10)2-12-8/h2-4H,1H3,(H,12,14,15). The average Bonchev–Trinajstić information content (AvgIpc) is 2.68. The molecule has 0 unspecified atom stereocenters. The Balaban J connectivity index is 2.10. The number of anilines is 1. The molecule has 0 aliphatic carbocycles. The topological polar surface area (TPSA) is 67.8 Å². The van der Waals surface area contributed by atoms with Crippen LogP contribution in [0.1, 0.15) is 15.5 Å². The fourth-order valence-electron chi connectivity index (χ4n) is 1.02. The lowest BCUT2D eigenvalue weighted by atomic mass is 10.4. The second kappa shape index (κ2) is 4.67. The Hall–Kier alpha value is -1.34. The molecule has 2 rings (SSSR count). The van der Waals surface area contributed by atoms with Gasteiger partial charge >= 0.3 is 0 Å². The molecule has 0 aliphatic rings. The zero-order valence-corrected chi connectivity index (χ0v) is 10.7. The van der Waals surface area contributed by atoms with Gasteiger partial charge in [-0.1, -0.05) is 0 Å². The fraction of sp³-hybridized carbons (Fsp3) is 0.111. The monoisotopic (exact) mass is 298 g/mol. The summed E-state index contributed by atoms with van der Waals surface area (Å²) in [7, 11) is 0. The third-order valence-electron chi connectivity index (χ3n) is 1.71. The van der Waals surface area contributed by atoms with Crippen LogP contribution in [0.25, 0.3) is 0 Å². The van der Waals surface area contributed by atoms with Crippen molar-refractivity contribution in [2.75, 3.05) is 5.32 Å². The number of thiazole rings is 1. The smallest absolute Gasteiger partial charge is 0.276 e. The van der Waals surface area contributed by atoms with E-state index in [1.54, 1.807) is 5.38 Å². The predicted octanol–water partition coefficient (Wildman–Crippen LogP) is 2.26. The van der Waals surface area contributed by atoms with E-state index in [4.69, 9.17) is 0 Å². The highest BCUT2D eigenvalue weighted by atomic mass is 79.9. The lowest BCUT2D eigenvalue weighted by Crippen LogP contribution is -2.13. The Morgan fingerprint density at radius 2 is 2.25 bits per heavy atom. The SMILES string of the molecule is Cc1nc(C(=O)Nc2cnc(Br)cn2)cs1. The molecule has 2 aromatic heterocycles. The maximum Gasteiger partial charge on any atom is 0.276 e. The summed E-state index contributed by atoms with van der Waals surface area (Å²) in [6.45, 7) is 1.85. The molecular weight excluding hydrogens is 292 g/mol. The number of aromatic nitrogens is 3. The van der Waals surface area contributed by atoms with Crippen LogP contribution in [-0.4, -0.2) is 20.9 Å². The molecule has 0 bridgehead atoms. The van der Waals surface area contributed by atoms with Gasteiger partial charge in [-0.25, -0.2) is 15.0 Å². The molecular formula is C9H7BrN4OS. The molecule has 7 heteroatoms. The van der Waals surface area contributed by atoms with E-state index in [0.29, 0.717) is 16.1 Å². The van der Waals surface area contributed by atoms with Crippen molar-refractivity contribution in [1.29, 1.82) is 0 Å². The minimum Gasteiger partial charge on any atom is -0.304 e. The van der Waals surface area contributed by atoms with Crippen LogP contribution in [0.3, 0.4) is 0 Å². The number of carbonyl (C=O) groups is 1. The number of nitrogens with zero attached hydrogens (tertiary/aromatic N) is 3. The van der Waals surface area contributed by atoms with Crippen LogP contribution in [0.2, 0.25) is 0 Å². The Bertz CT molecular complexity index is 510. The highest BCUT2D eigenvalue weighted by molar-refractivity contribution is 9.10. The van der Waals surface area contributed by atoms with Crippen molar-refractivity contribution in [3.05, 3.63) is 33.1 Å². The van der Waals surface area contributed by atoms with E-state index < -0.39 is 0 Å². The maximum atomic E-state index is 11.7. The summed E-state index contributed by atoms with van der Waals surface area (Å²) < 4.78 is 0.620. The number of aryl methyl sites for hydroxylation is 1. The van der Waals surface area contributed by atoms with Gasteiger partial charge in [-0.05, 0) is 22.9 Å². The maximum absolute atomic E-state index is 11.7. The normalized spacial score (nSPS) is 10.1. The van der Waals surface area contributed by atoms with Crippen LogP contribution in [0, 0.1) is 6.92 Å². The summed E-state index contributed by atoms with van der Waals surface area (Å²) in [5.74, 6) is 0.125. The highest BCUT2D eigenvalue weighted by Gasteiger charge is 2.09. The van der Waals surface area contributed by atoms with Gasteiger partial charge in [0.2, 0.25) is 0 Å². The molecule has 0 radical (unpaired) electrons. The zero-order chi connectivity index (χ0) is 11.5. The van der Waals surface area contributed by atoms with Gasteiger partial charge in [-0.2, -0.15) is 0 Å². The number of rotatable bonds is 2. The molecule has 0 fully saturated rings. The number of amides is 1. The van der Waals surface area contributed by atoms with Crippen molar-refractivity contribution < 1.29 is 4.79 Å². The Morgan fingerprint density at radius 3 is 2.81 bits per heavy atom. The first-order chi connectivity index (χ1) is 7.65. The van der Waals surface area contributed by atoms with Gasteiger partial charge in [0.15, 0.2) is 5.82 Å². The average molecular weight is 299 g/mol. The molecule has 82 valence electrons. The van der Waals surface area contributed by atoms with Crippen LogP contribution in [0.4, 0.5) is 5.82 Å². The summed E-state index contributed by atoms with van der Waals surface area (Å²) in [4.78, 5) is 23.7. The van der Waals surface area contributed by atoms with Gasteiger partial charge in [0.05, 0.1) is 17.4 Å². The Morgan fingerprint density at radius 1 is 1.44 bits per heavy atom. The van der Waals surface area contributed by atoms with E-state index in [1.807, 2.05) is 6.92 Å². The van der Waals surface area contributed by atoms with E-state index in [9.17, 15) is 4.79 Å². The lowest BCUT2D eigenvalue weighted by molar-refractivity contribution is 0.102. The van der Waals surface area contributed by atoms with Crippen LogP contribution >= 0.6 is 27.3 Å². The fourth-order valence-corrected chi connectivity index (χ4v) is 1.82. The molecule has 1 N–H and O–H groups in total. The number of nitrogens with one attached hydrogen (secondary N) is 1. The van der Waals surface area contributed by atoms with Crippen molar-refractivity contribution in [1.82, 2.24) is 15.0 Å². The van der Waals surface area contributed by atoms with E-state index in [1.165, 1.54) is 23.7 Å². The first-order valence-electron chi connectivity index (χ1n) is 4.36. The summed E-state index contributed by atoms with van der Waals surface area (Å²) >= 11 is 4.59. The third kappa shape index (κ3) is 2.61. The molecule has 1 amide bonds. The molecule has 2 aromatic rings. The minimum absolute atomic E-state index is 0.277. The molecule has 0 saturated carbocycles. The largest absolute Gasteiger partial charge is 0.304 e. The van der Waals surface area contributed by atoms with E-state index in [-0.39, 0.29) is 5.91 Å². The first-order valence-corrected chi connectivity index (χ1v) is 6.03. The van der Waals surface area contributed by atoms with Crippen LogP contribution in [-0.2, 0) is 0 Å². The third-order valence-corrected chi connectivity index (χ3v) is 2.90. The lowest BCUT2D eigenvalue weighted by Gasteiger charge is -2.00. The summed E-state index contributed by atoms with van der Waals surface area (Å²) in [6, 6.07) is 0. The van der Waals surface area contributed by atoms with Gasteiger partial charge in [0, 0.05) is 5.38 Å². The summed E-state index contributed by atoms with van der Waals surface area (Å²) in [6.07, 6.45) is 2.99. The second-order valence-corrected chi connectivity index (χ2v) is 4.80. The molecule has 0 atom stereocenters. The number of halogens is 1. The molecule has 0 saturated heterocycles. The molecule has 0 aliphatic heterocycles. The number of hydrogen-bond donors (Lipinski definition) is 1. The van der Waals surface area contributed by atoms with Gasteiger partial charge < -0.3 is 5.32 Å². The summed E-state index contributed by atoms with van der Waals surface area (Å²) in [5, 5.41) is 5.17. The number of carbonyl (C=O) groups excluding carboxylic acids is 1. The van der Waals surface area contributed by atoms with Crippen LogP contribution in [0.5, 0.6) is 0 Å². The quantitative estimate of drug-likeness (QED) is 0.923. The predicted molar refractivity (Wildman–Crippen MR) is 64.5 cm³/mol. The van der Waals surface area contributed by atoms with Gasteiger partial charge in [0.1, 0.15) is 10.3 Å². The first kappa shape index (κ1) is 11.2.